The third-order valence-corrected chi connectivity index (χ3v) is 5.40. The van der Waals surface area contributed by atoms with Gasteiger partial charge in [0, 0.05) is 6.54 Å². The van der Waals surface area contributed by atoms with Crippen LogP contribution in [0.2, 0.25) is 10.0 Å². The molecule has 0 fully saturated rings. The molecule has 0 bridgehead atoms. The Morgan fingerprint density at radius 1 is 1.09 bits per heavy atom. The fourth-order valence-corrected chi connectivity index (χ4v) is 3.40. The van der Waals surface area contributed by atoms with Gasteiger partial charge in [0.2, 0.25) is 10.0 Å². The van der Waals surface area contributed by atoms with Gasteiger partial charge >= 0.3 is 0 Å². The molecule has 0 unspecified atom stereocenters. The molecule has 0 saturated heterocycles. The Kier molecular flexibility index (Phi) is 6.30. The average Bonchev–Trinajstić information content (AvgIpc) is 2.54. The van der Waals surface area contributed by atoms with E-state index in [1.807, 2.05) is 31.2 Å². The summed E-state index contributed by atoms with van der Waals surface area (Å²) in [5.74, 6) is 0.767. The van der Waals surface area contributed by atoms with Crippen LogP contribution in [-0.4, -0.2) is 21.6 Å². The van der Waals surface area contributed by atoms with Crippen molar-refractivity contribution < 1.29 is 13.2 Å². The topological polar surface area (TPSA) is 55.4 Å². The Balaban J connectivity index is 1.93. The molecule has 1 N–H and O–H groups in total. The maximum Gasteiger partial charge on any atom is 0.240 e. The fourth-order valence-electron chi connectivity index (χ4n) is 2.00. The molecule has 0 saturated carbocycles. The van der Waals surface area contributed by atoms with E-state index in [0.29, 0.717) is 5.02 Å². The summed E-state index contributed by atoms with van der Waals surface area (Å²) in [6.07, 6.45) is 0.852. The van der Waals surface area contributed by atoms with E-state index in [1.165, 1.54) is 18.2 Å². The highest BCUT2D eigenvalue weighted by molar-refractivity contribution is 7.89. The van der Waals surface area contributed by atoms with Crippen LogP contribution in [0.15, 0.2) is 47.4 Å². The summed E-state index contributed by atoms with van der Waals surface area (Å²) >= 11 is 11.6. The Labute approximate surface area is 146 Å². The van der Waals surface area contributed by atoms with Crippen molar-refractivity contribution in [2.24, 2.45) is 0 Å². The smallest absolute Gasteiger partial charge is 0.240 e. The first-order chi connectivity index (χ1) is 10.9. The van der Waals surface area contributed by atoms with Crippen LogP contribution < -0.4 is 9.46 Å². The minimum absolute atomic E-state index is 0.0702. The van der Waals surface area contributed by atoms with Crippen LogP contribution in [0.25, 0.3) is 0 Å². The standard InChI is InChI=1S/C16H17Cl2NO3S/c1-2-12-5-3-4-6-16(12)22-10-9-19-23(20,21)13-7-8-14(17)15(18)11-13/h3-8,11,19H,2,9-10H2,1H3. The summed E-state index contributed by atoms with van der Waals surface area (Å²) in [6, 6.07) is 11.9. The van der Waals surface area contributed by atoms with Gasteiger partial charge in [0.05, 0.1) is 14.9 Å². The first-order valence-electron chi connectivity index (χ1n) is 7.09. The van der Waals surface area contributed by atoms with Crippen molar-refractivity contribution in [2.45, 2.75) is 18.2 Å². The second-order valence-electron chi connectivity index (χ2n) is 4.78. The molecule has 2 aromatic rings. The molecular formula is C16H17Cl2NO3S. The normalized spacial score (nSPS) is 11.4. The maximum absolute atomic E-state index is 12.2. The number of ether oxygens (including phenoxy) is 1. The maximum atomic E-state index is 12.2. The molecule has 124 valence electrons. The zero-order chi connectivity index (χ0) is 16.9. The van der Waals surface area contributed by atoms with E-state index in [9.17, 15) is 8.42 Å². The van der Waals surface area contributed by atoms with E-state index in [1.54, 1.807) is 0 Å². The van der Waals surface area contributed by atoms with Crippen LogP contribution in [0.5, 0.6) is 5.75 Å². The zero-order valence-electron chi connectivity index (χ0n) is 12.6. The van der Waals surface area contributed by atoms with Gasteiger partial charge in [-0.25, -0.2) is 13.1 Å². The minimum Gasteiger partial charge on any atom is -0.492 e. The van der Waals surface area contributed by atoms with E-state index in [0.717, 1.165) is 17.7 Å². The second kappa shape index (κ2) is 8.02. The monoisotopic (exact) mass is 373 g/mol. The van der Waals surface area contributed by atoms with Crippen molar-refractivity contribution in [2.75, 3.05) is 13.2 Å². The molecule has 2 aromatic carbocycles. The Morgan fingerprint density at radius 3 is 2.52 bits per heavy atom. The van der Waals surface area contributed by atoms with Crippen LogP contribution in [-0.2, 0) is 16.4 Å². The zero-order valence-corrected chi connectivity index (χ0v) is 14.9. The Bertz CT molecular complexity index is 779. The van der Waals surface area contributed by atoms with Crippen molar-refractivity contribution >= 4 is 33.2 Å². The molecule has 7 heteroatoms. The van der Waals surface area contributed by atoms with Crippen LogP contribution in [0, 0.1) is 0 Å². The lowest BCUT2D eigenvalue weighted by Crippen LogP contribution is -2.28. The lowest BCUT2D eigenvalue weighted by atomic mass is 10.1. The van der Waals surface area contributed by atoms with Crippen molar-refractivity contribution in [1.82, 2.24) is 4.72 Å². The quantitative estimate of drug-likeness (QED) is 0.748. The predicted molar refractivity (Wildman–Crippen MR) is 93.0 cm³/mol. The largest absolute Gasteiger partial charge is 0.492 e. The van der Waals surface area contributed by atoms with Gasteiger partial charge in [-0.05, 0) is 36.2 Å². The van der Waals surface area contributed by atoms with Crippen molar-refractivity contribution in [3.05, 3.63) is 58.1 Å². The van der Waals surface area contributed by atoms with E-state index >= 15 is 0 Å². The molecule has 0 amide bonds. The Morgan fingerprint density at radius 2 is 1.83 bits per heavy atom. The van der Waals surface area contributed by atoms with Gasteiger partial charge in [0.25, 0.3) is 0 Å². The molecule has 2 rings (SSSR count). The SMILES string of the molecule is CCc1ccccc1OCCNS(=O)(=O)c1ccc(Cl)c(Cl)c1. The molecule has 0 aliphatic rings. The lowest BCUT2D eigenvalue weighted by molar-refractivity contribution is 0.320. The number of sulfonamides is 1. The lowest BCUT2D eigenvalue weighted by Gasteiger charge is -2.11. The highest BCUT2D eigenvalue weighted by Crippen LogP contribution is 2.24. The van der Waals surface area contributed by atoms with E-state index in [2.05, 4.69) is 4.72 Å². The molecule has 0 atom stereocenters. The van der Waals surface area contributed by atoms with Crippen molar-refractivity contribution in [1.29, 1.82) is 0 Å². The fraction of sp³-hybridized carbons (Fsp3) is 0.250. The third-order valence-electron chi connectivity index (χ3n) is 3.21. The summed E-state index contributed by atoms with van der Waals surface area (Å²) in [4.78, 5) is 0.0702. The summed E-state index contributed by atoms with van der Waals surface area (Å²) in [6.45, 7) is 2.42. The first kappa shape index (κ1) is 18.1. The third kappa shape index (κ3) is 4.85. The van der Waals surface area contributed by atoms with E-state index in [4.69, 9.17) is 27.9 Å². The summed E-state index contributed by atoms with van der Waals surface area (Å²) in [5.41, 5.74) is 1.08. The molecular weight excluding hydrogens is 357 g/mol. The molecule has 4 nitrogen and oxygen atoms in total. The molecule has 23 heavy (non-hydrogen) atoms. The van der Waals surface area contributed by atoms with E-state index in [-0.39, 0.29) is 23.1 Å². The molecule has 0 aliphatic carbocycles. The van der Waals surface area contributed by atoms with Crippen LogP contribution in [0.4, 0.5) is 0 Å². The van der Waals surface area contributed by atoms with E-state index < -0.39 is 10.0 Å². The number of hydrogen-bond acceptors (Lipinski definition) is 3. The number of para-hydroxylation sites is 1. The molecule has 0 spiro atoms. The number of benzene rings is 2. The summed E-state index contributed by atoms with van der Waals surface area (Å²) < 4.78 is 32.4. The van der Waals surface area contributed by atoms with Crippen LogP contribution >= 0.6 is 23.2 Å². The highest BCUT2D eigenvalue weighted by Gasteiger charge is 2.15. The van der Waals surface area contributed by atoms with Gasteiger partial charge < -0.3 is 4.74 Å². The minimum atomic E-state index is -3.64. The number of rotatable bonds is 7. The van der Waals surface area contributed by atoms with Gasteiger partial charge in [0.1, 0.15) is 12.4 Å². The second-order valence-corrected chi connectivity index (χ2v) is 7.36. The van der Waals surface area contributed by atoms with Crippen LogP contribution in [0.3, 0.4) is 0 Å². The van der Waals surface area contributed by atoms with Gasteiger partial charge in [-0.3, -0.25) is 0 Å². The number of halogens is 2. The summed E-state index contributed by atoms with van der Waals surface area (Å²) in [7, 11) is -3.64. The van der Waals surface area contributed by atoms with Crippen molar-refractivity contribution in [3.8, 4) is 5.75 Å². The van der Waals surface area contributed by atoms with Gasteiger partial charge in [-0.1, -0.05) is 48.3 Å². The first-order valence-corrected chi connectivity index (χ1v) is 9.33. The summed E-state index contributed by atoms with van der Waals surface area (Å²) in [5, 5.41) is 0.507. The van der Waals surface area contributed by atoms with Crippen molar-refractivity contribution in [3.63, 3.8) is 0 Å². The molecule has 0 aromatic heterocycles. The average molecular weight is 374 g/mol. The van der Waals surface area contributed by atoms with Gasteiger partial charge in [-0.15, -0.1) is 0 Å². The molecule has 0 radical (unpaired) electrons. The number of aryl methyl sites for hydroxylation is 1. The van der Waals surface area contributed by atoms with Crippen LogP contribution in [0.1, 0.15) is 12.5 Å². The van der Waals surface area contributed by atoms with Gasteiger partial charge in [-0.2, -0.15) is 0 Å². The highest BCUT2D eigenvalue weighted by atomic mass is 35.5. The van der Waals surface area contributed by atoms with Gasteiger partial charge in [0.15, 0.2) is 0 Å². The number of hydrogen-bond donors (Lipinski definition) is 1. The predicted octanol–water partition coefficient (Wildman–Crippen LogP) is 3.91. The molecule has 0 heterocycles. The Hall–Kier alpha value is -1.27. The molecule has 0 aliphatic heterocycles. The number of nitrogens with one attached hydrogen (secondary N) is 1.